The highest BCUT2D eigenvalue weighted by Crippen LogP contribution is 2.44. The summed E-state index contributed by atoms with van der Waals surface area (Å²) in [6.45, 7) is 9.20. The molecule has 1 aromatic carbocycles. The second-order valence-corrected chi connectivity index (χ2v) is 4.97. The number of benzene rings is 1. The van der Waals surface area contributed by atoms with Gasteiger partial charge in [-0.15, -0.1) is 0 Å². The summed E-state index contributed by atoms with van der Waals surface area (Å²) in [7, 11) is 0. The van der Waals surface area contributed by atoms with Crippen molar-refractivity contribution < 1.29 is 9.47 Å². The quantitative estimate of drug-likeness (QED) is 0.740. The van der Waals surface area contributed by atoms with Crippen LogP contribution < -0.4 is 9.47 Å². The maximum Gasteiger partial charge on any atom is 0.127 e. The van der Waals surface area contributed by atoms with E-state index in [4.69, 9.17) is 9.47 Å². The Hall–Kier alpha value is -1.18. The normalized spacial score (nSPS) is 17.4. The van der Waals surface area contributed by atoms with Crippen LogP contribution in [0.15, 0.2) is 18.2 Å². The fourth-order valence-electron chi connectivity index (χ4n) is 1.98. The molecule has 0 atom stereocenters. The highest BCUT2D eigenvalue weighted by Gasteiger charge is 2.35. The van der Waals surface area contributed by atoms with Gasteiger partial charge in [0, 0.05) is 11.0 Å². The zero-order valence-electron chi connectivity index (χ0n) is 9.83. The third-order valence-electron chi connectivity index (χ3n) is 2.62. The van der Waals surface area contributed by atoms with Crippen molar-refractivity contribution in [1.82, 2.24) is 0 Å². The number of ether oxygens (including phenoxy) is 2. The van der Waals surface area contributed by atoms with Gasteiger partial charge in [0.15, 0.2) is 0 Å². The third-order valence-corrected chi connectivity index (χ3v) is 2.62. The first-order chi connectivity index (χ1) is 7.00. The molecule has 0 bridgehead atoms. The largest absolute Gasteiger partial charge is 0.492 e. The lowest BCUT2D eigenvalue weighted by atomic mass is 9.86. The van der Waals surface area contributed by atoms with Crippen LogP contribution in [0.5, 0.6) is 11.5 Å². The van der Waals surface area contributed by atoms with E-state index in [2.05, 4.69) is 13.8 Å². The van der Waals surface area contributed by atoms with Gasteiger partial charge in [-0.25, -0.2) is 0 Å². The molecule has 15 heavy (non-hydrogen) atoms. The van der Waals surface area contributed by atoms with Gasteiger partial charge in [-0.05, 0) is 26.0 Å². The van der Waals surface area contributed by atoms with E-state index in [0.29, 0.717) is 0 Å². The Balaban J connectivity index is 2.45. The standard InChI is InChI=1S/C13H18O2/c1-9(2)15-11-7-5-6-10-12(11)13(3,4)8-14-10/h5-7,9H,8H2,1-4H3. The van der Waals surface area contributed by atoms with Crippen LogP contribution in [0.25, 0.3) is 0 Å². The van der Waals surface area contributed by atoms with Gasteiger partial charge in [0.05, 0.1) is 12.7 Å². The van der Waals surface area contributed by atoms with E-state index >= 15 is 0 Å². The lowest BCUT2D eigenvalue weighted by molar-refractivity contribution is 0.236. The Morgan fingerprint density at radius 2 is 2.07 bits per heavy atom. The van der Waals surface area contributed by atoms with Crippen LogP contribution in [0, 0.1) is 0 Å². The SMILES string of the molecule is CC(C)Oc1cccc2c1C(C)(C)CO2. The van der Waals surface area contributed by atoms with E-state index in [-0.39, 0.29) is 11.5 Å². The van der Waals surface area contributed by atoms with E-state index in [0.717, 1.165) is 18.1 Å². The molecule has 2 nitrogen and oxygen atoms in total. The second kappa shape index (κ2) is 3.44. The Bertz CT molecular complexity index is 367. The number of hydrogen-bond donors (Lipinski definition) is 0. The molecule has 0 amide bonds. The summed E-state index contributed by atoms with van der Waals surface area (Å²) in [6.07, 6.45) is 0.202. The molecule has 0 spiro atoms. The van der Waals surface area contributed by atoms with Crippen molar-refractivity contribution in [3.63, 3.8) is 0 Å². The van der Waals surface area contributed by atoms with Gasteiger partial charge in [0.25, 0.3) is 0 Å². The minimum atomic E-state index is 0.0564. The van der Waals surface area contributed by atoms with Crippen molar-refractivity contribution in [2.24, 2.45) is 0 Å². The molecule has 1 heterocycles. The number of hydrogen-bond acceptors (Lipinski definition) is 2. The van der Waals surface area contributed by atoms with Gasteiger partial charge in [0.2, 0.25) is 0 Å². The average Bonchev–Trinajstić information content (AvgIpc) is 2.43. The monoisotopic (exact) mass is 206 g/mol. The van der Waals surface area contributed by atoms with Crippen LogP contribution in [0.1, 0.15) is 33.3 Å². The van der Waals surface area contributed by atoms with Crippen molar-refractivity contribution in [3.05, 3.63) is 23.8 Å². The Morgan fingerprint density at radius 1 is 1.33 bits per heavy atom. The van der Waals surface area contributed by atoms with Crippen molar-refractivity contribution in [2.75, 3.05) is 6.61 Å². The molecule has 82 valence electrons. The molecule has 0 N–H and O–H groups in total. The maximum absolute atomic E-state index is 5.81. The summed E-state index contributed by atoms with van der Waals surface area (Å²) in [5.41, 5.74) is 1.26. The summed E-state index contributed by atoms with van der Waals surface area (Å²) in [5, 5.41) is 0. The lowest BCUT2D eigenvalue weighted by Gasteiger charge is -2.20. The van der Waals surface area contributed by atoms with Gasteiger partial charge in [-0.1, -0.05) is 19.9 Å². The first-order valence-corrected chi connectivity index (χ1v) is 5.43. The van der Waals surface area contributed by atoms with Crippen molar-refractivity contribution in [1.29, 1.82) is 0 Å². The topological polar surface area (TPSA) is 18.5 Å². The van der Waals surface area contributed by atoms with E-state index in [1.807, 2.05) is 32.0 Å². The zero-order valence-corrected chi connectivity index (χ0v) is 9.83. The molecule has 2 heteroatoms. The van der Waals surface area contributed by atoms with Gasteiger partial charge in [0.1, 0.15) is 11.5 Å². The van der Waals surface area contributed by atoms with Crippen LogP contribution in [0.2, 0.25) is 0 Å². The molecule has 2 rings (SSSR count). The lowest BCUT2D eigenvalue weighted by Crippen LogP contribution is -2.20. The average molecular weight is 206 g/mol. The van der Waals surface area contributed by atoms with Crippen LogP contribution in [0.4, 0.5) is 0 Å². The van der Waals surface area contributed by atoms with E-state index in [1.165, 1.54) is 5.56 Å². The predicted octanol–water partition coefficient (Wildman–Crippen LogP) is 3.14. The molecular formula is C13H18O2. The molecule has 1 aliphatic heterocycles. The molecule has 1 aromatic rings. The first-order valence-electron chi connectivity index (χ1n) is 5.43. The van der Waals surface area contributed by atoms with Gasteiger partial charge in [-0.3, -0.25) is 0 Å². The molecule has 0 aliphatic carbocycles. The summed E-state index contributed by atoms with van der Waals surface area (Å²) in [6, 6.07) is 6.02. The molecule has 1 aliphatic rings. The molecule has 0 aromatic heterocycles. The van der Waals surface area contributed by atoms with Crippen LogP contribution in [-0.4, -0.2) is 12.7 Å². The summed E-state index contributed by atoms with van der Waals surface area (Å²) >= 11 is 0. The number of fused-ring (bicyclic) bond motifs is 1. The Labute approximate surface area is 91.2 Å². The van der Waals surface area contributed by atoms with E-state index < -0.39 is 0 Å². The molecule has 0 fully saturated rings. The minimum absolute atomic E-state index is 0.0564. The summed E-state index contributed by atoms with van der Waals surface area (Å²) < 4.78 is 11.5. The molecule has 0 radical (unpaired) electrons. The Morgan fingerprint density at radius 3 is 2.73 bits per heavy atom. The maximum atomic E-state index is 5.81. The first kappa shape index (κ1) is 10.3. The highest BCUT2D eigenvalue weighted by molar-refractivity contribution is 5.52. The van der Waals surface area contributed by atoms with Crippen molar-refractivity contribution >= 4 is 0 Å². The zero-order chi connectivity index (χ0) is 11.1. The van der Waals surface area contributed by atoms with Crippen LogP contribution in [-0.2, 0) is 5.41 Å². The molecular weight excluding hydrogens is 188 g/mol. The van der Waals surface area contributed by atoms with Crippen LogP contribution in [0.3, 0.4) is 0 Å². The van der Waals surface area contributed by atoms with E-state index in [1.54, 1.807) is 0 Å². The number of rotatable bonds is 2. The highest BCUT2D eigenvalue weighted by atomic mass is 16.5. The minimum Gasteiger partial charge on any atom is -0.492 e. The van der Waals surface area contributed by atoms with E-state index in [9.17, 15) is 0 Å². The Kier molecular flexibility index (Phi) is 2.37. The second-order valence-electron chi connectivity index (χ2n) is 4.97. The van der Waals surface area contributed by atoms with Crippen molar-refractivity contribution in [3.8, 4) is 11.5 Å². The van der Waals surface area contributed by atoms with Gasteiger partial charge >= 0.3 is 0 Å². The van der Waals surface area contributed by atoms with Crippen molar-refractivity contribution in [2.45, 2.75) is 39.2 Å². The summed E-state index contributed by atoms with van der Waals surface area (Å²) in [4.78, 5) is 0. The fourth-order valence-corrected chi connectivity index (χ4v) is 1.98. The smallest absolute Gasteiger partial charge is 0.127 e. The fraction of sp³-hybridized carbons (Fsp3) is 0.538. The van der Waals surface area contributed by atoms with Gasteiger partial charge in [-0.2, -0.15) is 0 Å². The van der Waals surface area contributed by atoms with Gasteiger partial charge < -0.3 is 9.47 Å². The molecule has 0 saturated carbocycles. The predicted molar refractivity (Wildman–Crippen MR) is 60.7 cm³/mol. The van der Waals surface area contributed by atoms with Crippen LogP contribution >= 0.6 is 0 Å². The summed E-state index contributed by atoms with van der Waals surface area (Å²) in [5.74, 6) is 1.93. The third kappa shape index (κ3) is 1.81. The molecule has 0 unspecified atom stereocenters. The molecule has 0 saturated heterocycles.